The van der Waals surface area contributed by atoms with Crippen molar-refractivity contribution in [3.05, 3.63) is 71.3 Å². The molecule has 1 atom stereocenters. The number of carbonyl (C=O) groups excluding carboxylic acids is 1. The number of ether oxygens (including phenoxy) is 1. The molecule has 0 saturated carbocycles. The zero-order valence-corrected chi connectivity index (χ0v) is 25.1. The summed E-state index contributed by atoms with van der Waals surface area (Å²) in [4.78, 5) is 23.0. The first-order valence-electron chi connectivity index (χ1n) is 14.1. The molecular weight excluding hydrogens is 595 g/mol. The zero-order valence-electron chi connectivity index (χ0n) is 24.3. The van der Waals surface area contributed by atoms with Crippen LogP contribution in [0.15, 0.2) is 48.8 Å². The molecule has 1 N–H and O–H groups in total. The van der Waals surface area contributed by atoms with Crippen LogP contribution >= 0.6 is 0 Å². The number of hydrogen-bond donors (Lipinski definition) is 1. The van der Waals surface area contributed by atoms with E-state index in [2.05, 4.69) is 27.0 Å². The Bertz CT molecular complexity index is 1710. The van der Waals surface area contributed by atoms with E-state index in [1.54, 1.807) is 18.3 Å². The van der Waals surface area contributed by atoms with Crippen LogP contribution in [-0.4, -0.2) is 74.2 Å². The normalized spacial score (nSPS) is 17.9. The Morgan fingerprint density at radius 2 is 1.86 bits per heavy atom. The third kappa shape index (κ3) is 7.56. The molecule has 5 rings (SSSR count). The van der Waals surface area contributed by atoms with E-state index in [4.69, 9.17) is 9.72 Å². The molecule has 13 heteroatoms. The number of sulfonamides is 1. The number of alkyl halides is 3. The van der Waals surface area contributed by atoms with Crippen LogP contribution in [0.4, 0.5) is 24.5 Å². The first kappa shape index (κ1) is 31.4. The monoisotopic (exact) mass is 627 g/mol. The van der Waals surface area contributed by atoms with Gasteiger partial charge in [-0.1, -0.05) is 12.0 Å². The molecular formula is C31H32F3N5O4S. The van der Waals surface area contributed by atoms with Crippen LogP contribution in [0.2, 0.25) is 0 Å². The molecule has 1 aromatic carbocycles. The van der Waals surface area contributed by atoms with Crippen LogP contribution in [0.25, 0.3) is 11.1 Å². The van der Waals surface area contributed by atoms with Crippen LogP contribution in [0.3, 0.4) is 0 Å². The maximum Gasteiger partial charge on any atom is 0.433 e. The lowest BCUT2D eigenvalue weighted by Gasteiger charge is -2.30. The van der Waals surface area contributed by atoms with Gasteiger partial charge in [-0.25, -0.2) is 17.7 Å². The van der Waals surface area contributed by atoms with Gasteiger partial charge in [-0.2, -0.15) is 13.2 Å². The number of aryl methyl sites for hydroxylation is 1. The van der Waals surface area contributed by atoms with Gasteiger partial charge in [0.2, 0.25) is 10.0 Å². The van der Waals surface area contributed by atoms with Crippen molar-refractivity contribution in [2.45, 2.75) is 25.9 Å². The van der Waals surface area contributed by atoms with Crippen molar-refractivity contribution < 1.29 is 31.1 Å². The minimum Gasteiger partial charge on any atom is -0.378 e. The van der Waals surface area contributed by atoms with Crippen molar-refractivity contribution in [1.29, 1.82) is 0 Å². The number of nitrogens with zero attached hydrogens (tertiary/aromatic N) is 4. The predicted molar refractivity (Wildman–Crippen MR) is 161 cm³/mol. The van der Waals surface area contributed by atoms with E-state index in [1.165, 1.54) is 16.6 Å². The number of piperidine rings is 1. The van der Waals surface area contributed by atoms with Gasteiger partial charge in [-0.05, 0) is 67.1 Å². The number of hydrogen-bond acceptors (Lipinski definition) is 7. The smallest absolute Gasteiger partial charge is 0.378 e. The van der Waals surface area contributed by atoms with E-state index in [0.717, 1.165) is 47.5 Å². The van der Waals surface area contributed by atoms with E-state index in [1.807, 2.05) is 19.1 Å². The van der Waals surface area contributed by atoms with E-state index in [-0.39, 0.29) is 11.5 Å². The Morgan fingerprint density at radius 3 is 2.59 bits per heavy atom. The van der Waals surface area contributed by atoms with Gasteiger partial charge in [-0.3, -0.25) is 9.78 Å². The fraction of sp³-hybridized carbons (Fsp3) is 0.387. The molecule has 1 unspecified atom stereocenters. The summed E-state index contributed by atoms with van der Waals surface area (Å²) in [6, 6.07) is 9.18. The number of rotatable bonds is 5. The zero-order chi connectivity index (χ0) is 31.5. The predicted octanol–water partition coefficient (Wildman–Crippen LogP) is 4.58. The maximum absolute atomic E-state index is 13.1. The molecule has 9 nitrogen and oxygen atoms in total. The maximum atomic E-state index is 13.1. The van der Waals surface area contributed by atoms with Crippen LogP contribution in [0.5, 0.6) is 0 Å². The van der Waals surface area contributed by atoms with E-state index in [0.29, 0.717) is 50.8 Å². The molecule has 0 radical (unpaired) electrons. The van der Waals surface area contributed by atoms with Crippen molar-refractivity contribution in [2.75, 3.05) is 55.9 Å². The second-order valence-electron chi connectivity index (χ2n) is 10.8. The molecule has 2 aromatic heterocycles. The van der Waals surface area contributed by atoms with E-state index in [9.17, 15) is 26.4 Å². The molecule has 0 spiro atoms. The van der Waals surface area contributed by atoms with Gasteiger partial charge in [0, 0.05) is 61.3 Å². The largest absolute Gasteiger partial charge is 0.433 e. The minimum absolute atomic E-state index is 0.104. The molecule has 0 aliphatic carbocycles. The summed E-state index contributed by atoms with van der Waals surface area (Å²) >= 11 is 0. The highest BCUT2D eigenvalue weighted by molar-refractivity contribution is 7.88. The van der Waals surface area contributed by atoms with E-state index >= 15 is 0 Å². The minimum atomic E-state index is -4.66. The second-order valence-corrected chi connectivity index (χ2v) is 12.8. The highest BCUT2D eigenvalue weighted by atomic mass is 32.2. The first-order chi connectivity index (χ1) is 20.9. The molecule has 232 valence electrons. The molecule has 4 heterocycles. The second kappa shape index (κ2) is 12.9. The van der Waals surface area contributed by atoms with Gasteiger partial charge in [0.25, 0.3) is 5.91 Å². The van der Waals surface area contributed by atoms with Crippen LogP contribution in [0, 0.1) is 24.7 Å². The standard InChI is InChI=1S/C31H32F3N5O4S/c1-21-5-7-25(37-30(40)23-9-10-35-29(17-23)31(32,33)34)18-26(21)24-16-28(38-12-14-43-15-13-38)27(36-19-24)8-6-22-4-3-11-39(20-22)44(2,41)42/h5,7,9-10,16-19,22H,3-4,11-15,20H2,1-2H3,(H,37,40). The number of morpholine rings is 1. The Kier molecular flexibility index (Phi) is 9.24. The summed E-state index contributed by atoms with van der Waals surface area (Å²) in [5.74, 6) is 5.66. The summed E-state index contributed by atoms with van der Waals surface area (Å²) in [5, 5.41) is 2.68. The van der Waals surface area contributed by atoms with Gasteiger partial charge in [0.1, 0.15) is 11.4 Å². The van der Waals surface area contributed by atoms with Crippen LogP contribution in [-0.2, 0) is 20.9 Å². The summed E-state index contributed by atoms with van der Waals surface area (Å²) < 4.78 is 70.4. The Labute approximate surface area is 254 Å². The lowest BCUT2D eigenvalue weighted by atomic mass is 9.99. The molecule has 2 aliphatic heterocycles. The van der Waals surface area contributed by atoms with Gasteiger partial charge < -0.3 is 15.0 Å². The van der Waals surface area contributed by atoms with Crippen molar-refractivity contribution in [3.63, 3.8) is 0 Å². The SMILES string of the molecule is Cc1ccc(NC(=O)c2ccnc(C(F)(F)F)c2)cc1-c1cnc(C#CC2CCCN(S(C)(=O)=O)C2)c(N2CCOCC2)c1. The number of halogens is 3. The van der Waals surface area contributed by atoms with Gasteiger partial charge in [0.15, 0.2) is 0 Å². The molecule has 1 amide bonds. The first-order valence-corrected chi connectivity index (χ1v) is 16.0. The summed E-state index contributed by atoms with van der Waals surface area (Å²) in [7, 11) is -3.29. The fourth-order valence-electron chi connectivity index (χ4n) is 5.21. The fourth-order valence-corrected chi connectivity index (χ4v) is 6.13. The third-order valence-corrected chi connectivity index (χ3v) is 8.86. The van der Waals surface area contributed by atoms with Gasteiger partial charge >= 0.3 is 6.18 Å². The molecule has 2 saturated heterocycles. The molecule has 2 aliphatic rings. The number of anilines is 2. The topological polar surface area (TPSA) is 105 Å². The van der Waals surface area contributed by atoms with Crippen molar-refractivity contribution in [1.82, 2.24) is 14.3 Å². The third-order valence-electron chi connectivity index (χ3n) is 7.59. The van der Waals surface area contributed by atoms with Crippen molar-refractivity contribution in [2.24, 2.45) is 5.92 Å². The average Bonchev–Trinajstić information content (AvgIpc) is 3.01. The number of carbonyl (C=O) groups is 1. The Morgan fingerprint density at radius 1 is 1.09 bits per heavy atom. The lowest BCUT2D eigenvalue weighted by Crippen LogP contribution is -2.38. The summed E-state index contributed by atoms with van der Waals surface area (Å²) in [5.41, 5.74) is 2.96. The summed E-state index contributed by atoms with van der Waals surface area (Å²) in [6.45, 7) is 5.16. The number of aromatic nitrogens is 2. The quantitative estimate of drug-likeness (QED) is 0.413. The number of benzene rings is 1. The van der Waals surface area contributed by atoms with E-state index < -0.39 is 27.8 Å². The number of nitrogens with one attached hydrogen (secondary N) is 1. The Hall–Kier alpha value is -3.99. The number of pyridine rings is 2. The van der Waals surface area contributed by atoms with Crippen molar-refractivity contribution in [3.8, 4) is 23.0 Å². The lowest BCUT2D eigenvalue weighted by molar-refractivity contribution is -0.141. The van der Waals surface area contributed by atoms with Gasteiger partial charge in [0.05, 0.1) is 25.2 Å². The van der Waals surface area contributed by atoms with Crippen LogP contribution in [0.1, 0.15) is 40.2 Å². The highest BCUT2D eigenvalue weighted by Crippen LogP contribution is 2.32. The molecule has 44 heavy (non-hydrogen) atoms. The Balaban J connectivity index is 1.43. The average molecular weight is 628 g/mol. The number of amides is 1. The molecule has 0 bridgehead atoms. The molecule has 3 aromatic rings. The summed E-state index contributed by atoms with van der Waals surface area (Å²) in [6.07, 6.45) is 0.749. The highest BCUT2D eigenvalue weighted by Gasteiger charge is 2.33. The van der Waals surface area contributed by atoms with Gasteiger partial charge in [-0.15, -0.1) is 0 Å². The van der Waals surface area contributed by atoms with Crippen LogP contribution < -0.4 is 10.2 Å². The molecule has 2 fully saturated rings. The van der Waals surface area contributed by atoms with Crippen molar-refractivity contribution >= 4 is 27.3 Å².